The number of anilines is 1. The highest BCUT2D eigenvalue weighted by molar-refractivity contribution is 6.19. The molecule has 1 aliphatic heterocycles. The zero-order valence-electron chi connectivity index (χ0n) is 16.3. The number of carbonyl (C=O) groups is 4. The summed E-state index contributed by atoms with van der Waals surface area (Å²) in [6.45, 7) is 3.69. The van der Waals surface area contributed by atoms with Crippen LogP contribution in [0.4, 0.5) is 5.69 Å². The molecular weight excluding hydrogens is 374 g/mol. The average Bonchev–Trinajstić information content (AvgIpc) is 3.05. The maximum atomic E-state index is 12.4. The third kappa shape index (κ3) is 4.51. The lowest BCUT2D eigenvalue weighted by Crippen LogP contribution is -2.28. The highest BCUT2D eigenvalue weighted by Crippen LogP contribution is 2.24. The van der Waals surface area contributed by atoms with Gasteiger partial charge in [0, 0.05) is 24.0 Å². The first-order valence-electron chi connectivity index (χ1n) is 9.30. The highest BCUT2D eigenvalue weighted by atomic mass is 16.5. The minimum absolute atomic E-state index is 0.0554. The first-order chi connectivity index (χ1) is 13.9. The molecule has 7 nitrogen and oxygen atoms in total. The van der Waals surface area contributed by atoms with Crippen LogP contribution < -0.4 is 9.64 Å². The number of hydrogen-bond donors (Lipinski definition) is 0. The second-order valence-electron chi connectivity index (χ2n) is 6.56. The van der Waals surface area contributed by atoms with Gasteiger partial charge >= 0.3 is 5.97 Å². The van der Waals surface area contributed by atoms with Crippen molar-refractivity contribution < 1.29 is 28.7 Å². The van der Waals surface area contributed by atoms with Crippen LogP contribution >= 0.6 is 0 Å². The highest BCUT2D eigenvalue weighted by Gasteiger charge is 2.30. The Hall–Kier alpha value is -3.48. The molecule has 0 atom stereocenters. The van der Waals surface area contributed by atoms with Gasteiger partial charge in [-0.05, 0) is 56.3 Å². The van der Waals surface area contributed by atoms with Crippen molar-refractivity contribution in [1.82, 2.24) is 0 Å². The Bertz CT molecular complexity index is 948. The number of rotatable bonds is 7. The van der Waals surface area contributed by atoms with Gasteiger partial charge in [0.1, 0.15) is 12.4 Å². The van der Waals surface area contributed by atoms with Gasteiger partial charge in [0.2, 0.25) is 11.8 Å². The summed E-state index contributed by atoms with van der Waals surface area (Å²) in [5.74, 6) is -0.613. The zero-order chi connectivity index (χ0) is 21.0. The lowest BCUT2D eigenvalue weighted by molar-refractivity contribution is -0.121. The molecular formula is C22H21NO6. The summed E-state index contributed by atoms with van der Waals surface area (Å²) in [7, 11) is 0. The Morgan fingerprint density at radius 1 is 0.966 bits per heavy atom. The summed E-state index contributed by atoms with van der Waals surface area (Å²) in [4.78, 5) is 48.7. The number of imide groups is 1. The Morgan fingerprint density at radius 3 is 2.17 bits per heavy atom. The Balaban J connectivity index is 1.71. The first-order valence-corrected chi connectivity index (χ1v) is 9.30. The largest absolute Gasteiger partial charge is 0.493 e. The molecule has 1 fully saturated rings. The van der Waals surface area contributed by atoms with Crippen molar-refractivity contribution in [2.45, 2.75) is 33.3 Å². The molecule has 0 N–H and O–H groups in total. The number of Topliss-reactive ketones (excluding diaryl/α,β-unsaturated/α-hetero) is 1. The van der Waals surface area contributed by atoms with E-state index < -0.39 is 5.97 Å². The van der Waals surface area contributed by atoms with Gasteiger partial charge in [0.15, 0.2) is 5.78 Å². The molecule has 29 heavy (non-hydrogen) atoms. The molecule has 0 unspecified atom stereocenters. The molecule has 2 aromatic rings. The molecule has 1 saturated heterocycles. The van der Waals surface area contributed by atoms with Crippen LogP contribution in [0.2, 0.25) is 0 Å². The molecule has 2 amide bonds. The van der Waals surface area contributed by atoms with Crippen molar-refractivity contribution >= 4 is 29.3 Å². The zero-order valence-corrected chi connectivity index (χ0v) is 16.3. The summed E-state index contributed by atoms with van der Waals surface area (Å²) in [5, 5.41) is 0. The molecule has 0 spiro atoms. The number of hydrogen-bond acceptors (Lipinski definition) is 6. The van der Waals surface area contributed by atoms with Crippen LogP contribution in [-0.4, -0.2) is 30.2 Å². The second-order valence-corrected chi connectivity index (χ2v) is 6.56. The van der Waals surface area contributed by atoms with Crippen LogP contribution in [0.5, 0.6) is 5.75 Å². The van der Waals surface area contributed by atoms with Crippen molar-refractivity contribution in [1.29, 1.82) is 0 Å². The maximum absolute atomic E-state index is 12.4. The van der Waals surface area contributed by atoms with Crippen LogP contribution in [0, 0.1) is 0 Å². The first kappa shape index (κ1) is 20.3. The summed E-state index contributed by atoms with van der Waals surface area (Å²) in [5.41, 5.74) is 1.82. The fourth-order valence-electron chi connectivity index (χ4n) is 3.05. The molecule has 7 heteroatoms. The van der Waals surface area contributed by atoms with E-state index in [0.717, 1.165) is 4.90 Å². The predicted octanol–water partition coefficient (Wildman–Crippen LogP) is 3.30. The Labute approximate surface area is 168 Å². The van der Waals surface area contributed by atoms with Gasteiger partial charge in [-0.15, -0.1) is 0 Å². The number of amides is 2. The van der Waals surface area contributed by atoms with Gasteiger partial charge in [0.05, 0.1) is 17.9 Å². The monoisotopic (exact) mass is 395 g/mol. The minimum Gasteiger partial charge on any atom is -0.493 e. The summed E-state index contributed by atoms with van der Waals surface area (Å²) in [6.07, 6.45) is 0.397. The van der Waals surface area contributed by atoms with E-state index in [0.29, 0.717) is 29.2 Å². The normalized spacial score (nSPS) is 13.5. The number of ketones is 1. The molecule has 0 saturated carbocycles. The molecule has 0 bridgehead atoms. The molecule has 0 aliphatic carbocycles. The molecule has 0 radical (unpaired) electrons. The Kier molecular flexibility index (Phi) is 6.07. The molecule has 1 aliphatic rings. The standard InChI is InChI=1S/C22H21NO6/c1-3-28-19-9-6-16(14(2)24)12-17(19)13-29-22(27)15-4-7-18(8-5-15)23-20(25)10-11-21(23)26/h4-9,12H,3,10-11,13H2,1-2H3. The molecule has 0 aromatic heterocycles. The van der Waals surface area contributed by atoms with Crippen molar-refractivity contribution in [3.8, 4) is 5.75 Å². The second kappa shape index (κ2) is 8.68. The van der Waals surface area contributed by atoms with Gasteiger partial charge in [0.25, 0.3) is 0 Å². The van der Waals surface area contributed by atoms with Crippen LogP contribution in [0.1, 0.15) is 53.0 Å². The Morgan fingerprint density at radius 2 is 1.59 bits per heavy atom. The van der Waals surface area contributed by atoms with E-state index in [1.165, 1.54) is 19.1 Å². The topological polar surface area (TPSA) is 90.0 Å². The van der Waals surface area contributed by atoms with Crippen LogP contribution in [0.25, 0.3) is 0 Å². The van der Waals surface area contributed by atoms with E-state index in [9.17, 15) is 19.2 Å². The van der Waals surface area contributed by atoms with Crippen molar-refractivity contribution in [3.05, 3.63) is 59.2 Å². The van der Waals surface area contributed by atoms with Gasteiger partial charge in [-0.2, -0.15) is 0 Å². The van der Waals surface area contributed by atoms with E-state index in [4.69, 9.17) is 9.47 Å². The van der Waals surface area contributed by atoms with E-state index >= 15 is 0 Å². The maximum Gasteiger partial charge on any atom is 0.338 e. The SMILES string of the molecule is CCOc1ccc(C(C)=O)cc1COC(=O)c1ccc(N2C(=O)CCC2=O)cc1. The number of ether oxygens (including phenoxy) is 2. The number of nitrogens with zero attached hydrogens (tertiary/aromatic N) is 1. The molecule has 1 heterocycles. The lowest BCUT2D eigenvalue weighted by atomic mass is 10.1. The smallest absolute Gasteiger partial charge is 0.338 e. The average molecular weight is 395 g/mol. The van der Waals surface area contributed by atoms with Gasteiger partial charge in [-0.3, -0.25) is 19.3 Å². The van der Waals surface area contributed by atoms with E-state index in [1.807, 2.05) is 6.92 Å². The van der Waals surface area contributed by atoms with Crippen LogP contribution in [0.3, 0.4) is 0 Å². The molecule has 2 aromatic carbocycles. The summed E-state index contributed by atoms with van der Waals surface area (Å²) >= 11 is 0. The van der Waals surface area contributed by atoms with Crippen molar-refractivity contribution in [3.63, 3.8) is 0 Å². The van der Waals surface area contributed by atoms with Crippen LogP contribution in [-0.2, 0) is 20.9 Å². The van der Waals surface area contributed by atoms with Crippen molar-refractivity contribution in [2.75, 3.05) is 11.5 Å². The quantitative estimate of drug-likeness (QED) is 0.406. The lowest BCUT2D eigenvalue weighted by Gasteiger charge is -2.14. The number of carbonyl (C=O) groups excluding carboxylic acids is 4. The fourth-order valence-corrected chi connectivity index (χ4v) is 3.05. The molecule has 3 rings (SSSR count). The van der Waals surface area contributed by atoms with E-state index in [1.54, 1.807) is 30.3 Å². The fraction of sp³-hybridized carbons (Fsp3) is 0.273. The van der Waals surface area contributed by atoms with Gasteiger partial charge in [-0.1, -0.05) is 0 Å². The van der Waals surface area contributed by atoms with Crippen molar-refractivity contribution in [2.24, 2.45) is 0 Å². The number of benzene rings is 2. The molecule has 150 valence electrons. The number of esters is 1. The summed E-state index contributed by atoms with van der Waals surface area (Å²) < 4.78 is 10.9. The van der Waals surface area contributed by atoms with Crippen LogP contribution in [0.15, 0.2) is 42.5 Å². The third-order valence-electron chi connectivity index (χ3n) is 4.54. The van der Waals surface area contributed by atoms with Gasteiger partial charge in [-0.25, -0.2) is 4.79 Å². The minimum atomic E-state index is -0.564. The van der Waals surface area contributed by atoms with Gasteiger partial charge < -0.3 is 9.47 Å². The predicted molar refractivity (Wildman–Crippen MR) is 105 cm³/mol. The van der Waals surface area contributed by atoms with E-state index in [2.05, 4.69) is 0 Å². The van der Waals surface area contributed by atoms with E-state index in [-0.39, 0.29) is 42.6 Å². The summed E-state index contributed by atoms with van der Waals surface area (Å²) in [6, 6.07) is 11.1. The third-order valence-corrected chi connectivity index (χ3v) is 4.54.